The zero-order valence-corrected chi connectivity index (χ0v) is 11.2. The molecule has 0 aliphatic carbocycles. The van der Waals surface area contributed by atoms with Gasteiger partial charge in [-0.25, -0.2) is 4.79 Å². The van der Waals surface area contributed by atoms with Gasteiger partial charge in [-0.2, -0.15) is 0 Å². The highest BCUT2D eigenvalue weighted by Crippen LogP contribution is 2.23. The first-order valence-electron chi connectivity index (χ1n) is 6.13. The molecule has 1 aromatic heterocycles. The number of carbonyl (C=O) groups excluding carboxylic acids is 1. The Balaban J connectivity index is 1.80. The van der Waals surface area contributed by atoms with Crippen molar-refractivity contribution in [2.24, 2.45) is 0 Å². The zero-order valence-electron chi connectivity index (χ0n) is 10.5. The molecule has 0 aliphatic rings. The number of nitrogens with one attached hydrogen (secondary N) is 3. The van der Waals surface area contributed by atoms with E-state index in [0.29, 0.717) is 10.7 Å². The van der Waals surface area contributed by atoms with E-state index in [1.807, 2.05) is 42.6 Å². The summed E-state index contributed by atoms with van der Waals surface area (Å²) in [5.41, 5.74) is 2.29. The fourth-order valence-electron chi connectivity index (χ4n) is 2.03. The first-order valence-corrected chi connectivity index (χ1v) is 6.50. The highest BCUT2D eigenvalue weighted by Gasteiger charge is 2.07. The summed E-state index contributed by atoms with van der Waals surface area (Å²) in [5.74, 6) is 0. The number of carbonyl (C=O) groups is 1. The Bertz CT molecular complexity index is 766. The topological polar surface area (TPSA) is 56.9 Å². The Morgan fingerprint density at radius 3 is 2.55 bits per heavy atom. The number of amides is 2. The molecule has 0 bridgehead atoms. The largest absolute Gasteiger partial charge is 0.361 e. The van der Waals surface area contributed by atoms with E-state index in [9.17, 15) is 4.79 Å². The molecule has 4 nitrogen and oxygen atoms in total. The van der Waals surface area contributed by atoms with Gasteiger partial charge in [-0.1, -0.05) is 29.8 Å². The number of aromatic amines is 1. The van der Waals surface area contributed by atoms with Crippen LogP contribution in [0.1, 0.15) is 0 Å². The van der Waals surface area contributed by atoms with Gasteiger partial charge in [0.25, 0.3) is 0 Å². The van der Waals surface area contributed by atoms with Gasteiger partial charge >= 0.3 is 6.03 Å². The van der Waals surface area contributed by atoms with Crippen molar-refractivity contribution in [3.63, 3.8) is 0 Å². The molecule has 5 heteroatoms. The van der Waals surface area contributed by atoms with Crippen LogP contribution in [-0.4, -0.2) is 11.0 Å². The van der Waals surface area contributed by atoms with Crippen LogP contribution in [0.2, 0.25) is 5.02 Å². The Hall–Kier alpha value is -2.46. The number of halogens is 1. The fraction of sp³-hybridized carbons (Fsp3) is 0. The average Bonchev–Trinajstić information content (AvgIpc) is 2.91. The van der Waals surface area contributed by atoms with Crippen molar-refractivity contribution in [2.75, 3.05) is 10.6 Å². The third-order valence-electron chi connectivity index (χ3n) is 2.97. The summed E-state index contributed by atoms with van der Waals surface area (Å²) in [4.78, 5) is 15.1. The van der Waals surface area contributed by atoms with Gasteiger partial charge in [0.1, 0.15) is 0 Å². The standard InChI is InChI=1S/C15H12ClN3O/c16-11-4-1-2-5-14(11)19-15(20)18-13-7-3-6-12-10(13)8-9-17-12/h1-9,17H,(H2,18,19,20). The van der Waals surface area contributed by atoms with Crippen LogP contribution in [0.3, 0.4) is 0 Å². The Labute approximate surface area is 120 Å². The zero-order chi connectivity index (χ0) is 13.9. The van der Waals surface area contributed by atoms with Gasteiger partial charge in [0, 0.05) is 17.1 Å². The lowest BCUT2D eigenvalue weighted by Crippen LogP contribution is -2.19. The molecule has 1 heterocycles. The maximum absolute atomic E-state index is 12.0. The molecule has 2 aromatic carbocycles. The number of H-pyrrole nitrogens is 1. The van der Waals surface area contributed by atoms with E-state index >= 15 is 0 Å². The molecule has 3 rings (SSSR count). The lowest BCUT2D eigenvalue weighted by Gasteiger charge is -2.09. The average molecular weight is 286 g/mol. The van der Waals surface area contributed by atoms with Crippen molar-refractivity contribution in [2.45, 2.75) is 0 Å². The Morgan fingerprint density at radius 2 is 1.70 bits per heavy atom. The summed E-state index contributed by atoms with van der Waals surface area (Å²) < 4.78 is 0. The molecule has 20 heavy (non-hydrogen) atoms. The molecule has 0 fully saturated rings. The number of hydrogen-bond acceptors (Lipinski definition) is 1. The Kier molecular flexibility index (Phi) is 3.31. The highest BCUT2D eigenvalue weighted by molar-refractivity contribution is 6.33. The maximum atomic E-state index is 12.0. The van der Waals surface area contributed by atoms with E-state index < -0.39 is 0 Å². The number of rotatable bonds is 2. The third-order valence-corrected chi connectivity index (χ3v) is 3.29. The number of benzene rings is 2. The Morgan fingerprint density at radius 1 is 0.950 bits per heavy atom. The molecule has 0 saturated carbocycles. The van der Waals surface area contributed by atoms with Gasteiger partial charge in [-0.15, -0.1) is 0 Å². The second-order valence-corrected chi connectivity index (χ2v) is 4.71. The minimum atomic E-state index is -0.327. The van der Waals surface area contributed by atoms with Gasteiger partial charge in [0.15, 0.2) is 0 Å². The normalized spacial score (nSPS) is 10.4. The molecular weight excluding hydrogens is 274 g/mol. The summed E-state index contributed by atoms with van der Waals surface area (Å²) in [7, 11) is 0. The molecule has 0 atom stereocenters. The molecule has 0 spiro atoms. The van der Waals surface area contributed by atoms with Crippen molar-refractivity contribution >= 4 is 39.9 Å². The van der Waals surface area contributed by atoms with Gasteiger partial charge in [0.2, 0.25) is 0 Å². The minimum Gasteiger partial charge on any atom is -0.361 e. The molecule has 3 N–H and O–H groups in total. The highest BCUT2D eigenvalue weighted by atomic mass is 35.5. The number of anilines is 2. The van der Waals surface area contributed by atoms with Crippen molar-refractivity contribution in [3.8, 4) is 0 Å². The van der Waals surface area contributed by atoms with Crippen LogP contribution in [-0.2, 0) is 0 Å². The molecule has 0 unspecified atom stereocenters. The first kappa shape index (κ1) is 12.6. The molecule has 0 saturated heterocycles. The summed E-state index contributed by atoms with van der Waals surface area (Å²) in [5, 5.41) is 7.00. The van der Waals surface area contributed by atoms with Crippen LogP contribution in [0.5, 0.6) is 0 Å². The van der Waals surface area contributed by atoms with Crippen molar-refractivity contribution in [1.29, 1.82) is 0 Å². The summed E-state index contributed by atoms with van der Waals surface area (Å²) in [6, 6.07) is 14.4. The number of fused-ring (bicyclic) bond motifs is 1. The molecule has 0 aliphatic heterocycles. The number of urea groups is 1. The van der Waals surface area contributed by atoms with Crippen molar-refractivity contribution in [3.05, 3.63) is 59.8 Å². The van der Waals surface area contributed by atoms with Crippen molar-refractivity contribution < 1.29 is 4.79 Å². The van der Waals surface area contributed by atoms with Gasteiger partial charge in [-0.3, -0.25) is 0 Å². The number of para-hydroxylation sites is 1. The summed E-state index contributed by atoms with van der Waals surface area (Å²) in [6.07, 6.45) is 1.84. The summed E-state index contributed by atoms with van der Waals surface area (Å²) >= 11 is 6.00. The van der Waals surface area contributed by atoms with E-state index in [4.69, 9.17) is 11.6 Å². The quantitative estimate of drug-likeness (QED) is 0.639. The SMILES string of the molecule is O=C(Nc1ccccc1Cl)Nc1cccc2[nH]ccc12. The van der Waals surface area contributed by atoms with Gasteiger partial charge in [0.05, 0.1) is 16.4 Å². The van der Waals surface area contributed by atoms with Crippen LogP contribution >= 0.6 is 11.6 Å². The smallest absolute Gasteiger partial charge is 0.323 e. The molecule has 2 amide bonds. The molecule has 3 aromatic rings. The predicted octanol–water partition coefficient (Wildman–Crippen LogP) is 4.47. The van der Waals surface area contributed by atoms with Crippen molar-refractivity contribution in [1.82, 2.24) is 4.98 Å². The lowest BCUT2D eigenvalue weighted by atomic mass is 10.2. The van der Waals surface area contributed by atoms with Crippen LogP contribution in [0, 0.1) is 0 Å². The molecular formula is C15H12ClN3O. The monoisotopic (exact) mass is 285 g/mol. The molecule has 0 radical (unpaired) electrons. The van der Waals surface area contributed by atoms with E-state index in [2.05, 4.69) is 15.6 Å². The van der Waals surface area contributed by atoms with E-state index in [-0.39, 0.29) is 6.03 Å². The van der Waals surface area contributed by atoms with E-state index in [1.165, 1.54) is 0 Å². The van der Waals surface area contributed by atoms with Crippen LogP contribution in [0.25, 0.3) is 10.9 Å². The minimum absolute atomic E-state index is 0.327. The maximum Gasteiger partial charge on any atom is 0.323 e. The van der Waals surface area contributed by atoms with Crippen LogP contribution < -0.4 is 10.6 Å². The fourth-order valence-corrected chi connectivity index (χ4v) is 2.22. The van der Waals surface area contributed by atoms with Gasteiger partial charge in [-0.05, 0) is 30.3 Å². The van der Waals surface area contributed by atoms with E-state index in [1.54, 1.807) is 12.1 Å². The molecule has 100 valence electrons. The number of aromatic nitrogens is 1. The second kappa shape index (κ2) is 5.27. The number of hydrogen-bond donors (Lipinski definition) is 3. The lowest BCUT2D eigenvalue weighted by molar-refractivity contribution is 0.262. The second-order valence-electron chi connectivity index (χ2n) is 4.30. The van der Waals surface area contributed by atoms with Crippen LogP contribution in [0.15, 0.2) is 54.7 Å². The third kappa shape index (κ3) is 2.46. The predicted molar refractivity (Wildman–Crippen MR) is 82.4 cm³/mol. The van der Waals surface area contributed by atoms with Crippen LogP contribution in [0.4, 0.5) is 16.2 Å². The van der Waals surface area contributed by atoms with Gasteiger partial charge < -0.3 is 15.6 Å². The summed E-state index contributed by atoms with van der Waals surface area (Å²) in [6.45, 7) is 0. The first-order chi connectivity index (χ1) is 9.74. The van der Waals surface area contributed by atoms with E-state index in [0.717, 1.165) is 16.6 Å².